The van der Waals surface area contributed by atoms with E-state index >= 15 is 0 Å². The zero-order chi connectivity index (χ0) is 20.4. The van der Waals surface area contributed by atoms with E-state index in [0.29, 0.717) is 25.1 Å². The fourth-order valence-corrected chi connectivity index (χ4v) is 4.25. The van der Waals surface area contributed by atoms with E-state index in [1.165, 1.54) is 0 Å². The van der Waals surface area contributed by atoms with Crippen molar-refractivity contribution in [2.75, 3.05) is 45.2 Å². The molecular weight excluding hydrogens is 366 g/mol. The van der Waals surface area contributed by atoms with Crippen molar-refractivity contribution in [3.8, 4) is 5.75 Å². The Hall–Kier alpha value is -2.86. The van der Waals surface area contributed by atoms with Crippen molar-refractivity contribution in [3.05, 3.63) is 59.7 Å². The average Bonchev–Trinajstić information content (AvgIpc) is 3.19. The topological polar surface area (TPSA) is 53.1 Å². The van der Waals surface area contributed by atoms with Gasteiger partial charge in [-0.2, -0.15) is 0 Å². The molecular formula is C23H27N3O3. The van der Waals surface area contributed by atoms with Gasteiger partial charge in [0.2, 0.25) is 5.91 Å². The van der Waals surface area contributed by atoms with Gasteiger partial charge in [-0.3, -0.25) is 14.5 Å². The molecule has 0 spiro atoms. The van der Waals surface area contributed by atoms with Crippen molar-refractivity contribution in [3.63, 3.8) is 0 Å². The van der Waals surface area contributed by atoms with E-state index in [-0.39, 0.29) is 17.9 Å². The SMILES string of the molecule is COc1ccccc1C1CN(C(=O)c2cccc(N3CCCC3=O)c2)CCN1C. The molecule has 2 heterocycles. The summed E-state index contributed by atoms with van der Waals surface area (Å²) in [4.78, 5) is 31.3. The number of nitrogens with zero attached hydrogens (tertiary/aromatic N) is 3. The highest BCUT2D eigenvalue weighted by atomic mass is 16.5. The van der Waals surface area contributed by atoms with Crippen LogP contribution in [0.1, 0.15) is 34.8 Å². The lowest BCUT2D eigenvalue weighted by Gasteiger charge is -2.40. The first-order chi connectivity index (χ1) is 14.1. The van der Waals surface area contributed by atoms with Crippen LogP contribution in [0.15, 0.2) is 48.5 Å². The molecule has 0 radical (unpaired) electrons. The molecule has 2 aromatic rings. The molecule has 0 bridgehead atoms. The molecule has 1 unspecified atom stereocenters. The standard InChI is InChI=1S/C23H27N3O3/c1-24-13-14-25(16-20(24)19-9-3-4-10-21(19)29-2)23(28)17-7-5-8-18(15-17)26-12-6-11-22(26)27/h3-5,7-10,15,20H,6,11-14,16H2,1-2H3. The Labute approximate surface area is 171 Å². The zero-order valence-electron chi connectivity index (χ0n) is 17.0. The number of para-hydroxylation sites is 1. The summed E-state index contributed by atoms with van der Waals surface area (Å²) in [6.45, 7) is 2.79. The van der Waals surface area contributed by atoms with Crippen LogP contribution in [0.3, 0.4) is 0 Å². The largest absolute Gasteiger partial charge is 0.496 e. The van der Waals surface area contributed by atoms with Crippen molar-refractivity contribution < 1.29 is 14.3 Å². The third-order valence-corrected chi connectivity index (χ3v) is 5.91. The van der Waals surface area contributed by atoms with E-state index in [0.717, 1.165) is 36.5 Å². The summed E-state index contributed by atoms with van der Waals surface area (Å²) in [5.41, 5.74) is 2.53. The molecule has 0 N–H and O–H groups in total. The summed E-state index contributed by atoms with van der Waals surface area (Å²) in [6.07, 6.45) is 1.45. The smallest absolute Gasteiger partial charge is 0.254 e. The number of ether oxygens (including phenoxy) is 1. The third kappa shape index (κ3) is 3.85. The molecule has 2 aliphatic rings. The first kappa shape index (κ1) is 19.5. The molecule has 2 amide bonds. The van der Waals surface area contributed by atoms with Gasteiger partial charge >= 0.3 is 0 Å². The molecule has 4 rings (SSSR count). The maximum Gasteiger partial charge on any atom is 0.254 e. The second kappa shape index (κ2) is 8.25. The maximum absolute atomic E-state index is 13.3. The molecule has 29 heavy (non-hydrogen) atoms. The number of amides is 2. The van der Waals surface area contributed by atoms with Crippen LogP contribution >= 0.6 is 0 Å². The maximum atomic E-state index is 13.3. The summed E-state index contributed by atoms with van der Waals surface area (Å²) in [6, 6.07) is 15.5. The molecule has 2 aromatic carbocycles. The number of hydrogen-bond donors (Lipinski definition) is 0. The fraction of sp³-hybridized carbons (Fsp3) is 0.391. The Bertz CT molecular complexity index is 914. The molecule has 0 aromatic heterocycles. The number of rotatable bonds is 4. The predicted molar refractivity (Wildman–Crippen MR) is 112 cm³/mol. The van der Waals surface area contributed by atoms with Gasteiger partial charge in [0.15, 0.2) is 0 Å². The average molecular weight is 393 g/mol. The Morgan fingerprint density at radius 3 is 2.66 bits per heavy atom. The minimum atomic E-state index is 0.00601. The molecule has 2 saturated heterocycles. The summed E-state index contributed by atoms with van der Waals surface area (Å²) in [7, 11) is 3.76. The summed E-state index contributed by atoms with van der Waals surface area (Å²) >= 11 is 0. The minimum Gasteiger partial charge on any atom is -0.496 e. The van der Waals surface area contributed by atoms with Gasteiger partial charge in [-0.1, -0.05) is 24.3 Å². The highest BCUT2D eigenvalue weighted by molar-refractivity contribution is 5.99. The normalized spacial score (nSPS) is 20.2. The summed E-state index contributed by atoms with van der Waals surface area (Å²) < 4.78 is 5.54. The Kier molecular flexibility index (Phi) is 5.53. The first-order valence-electron chi connectivity index (χ1n) is 10.1. The van der Waals surface area contributed by atoms with E-state index in [1.54, 1.807) is 12.0 Å². The molecule has 1 atom stereocenters. The first-order valence-corrected chi connectivity index (χ1v) is 10.1. The zero-order valence-corrected chi connectivity index (χ0v) is 17.0. The van der Waals surface area contributed by atoms with E-state index < -0.39 is 0 Å². The summed E-state index contributed by atoms with van der Waals surface area (Å²) in [5, 5.41) is 0. The molecule has 2 aliphatic heterocycles. The lowest BCUT2D eigenvalue weighted by molar-refractivity contribution is -0.117. The molecule has 0 aliphatic carbocycles. The van der Waals surface area contributed by atoms with Crippen molar-refractivity contribution in [2.24, 2.45) is 0 Å². The predicted octanol–water partition coefficient (Wildman–Crippen LogP) is 2.95. The van der Waals surface area contributed by atoms with Crippen molar-refractivity contribution in [1.82, 2.24) is 9.80 Å². The Morgan fingerprint density at radius 2 is 1.90 bits per heavy atom. The van der Waals surface area contributed by atoms with E-state index in [4.69, 9.17) is 4.74 Å². The number of hydrogen-bond acceptors (Lipinski definition) is 4. The number of carbonyl (C=O) groups excluding carboxylic acids is 2. The Balaban J connectivity index is 1.55. The van der Waals surface area contributed by atoms with E-state index in [9.17, 15) is 9.59 Å². The van der Waals surface area contributed by atoms with Crippen LogP contribution < -0.4 is 9.64 Å². The van der Waals surface area contributed by atoms with Crippen molar-refractivity contribution >= 4 is 17.5 Å². The summed E-state index contributed by atoms with van der Waals surface area (Å²) in [5.74, 6) is 0.977. The quantitative estimate of drug-likeness (QED) is 0.802. The molecule has 2 fully saturated rings. The van der Waals surface area contributed by atoms with E-state index in [1.807, 2.05) is 47.4 Å². The number of benzene rings is 2. The van der Waals surface area contributed by atoms with Crippen LogP contribution in [-0.2, 0) is 4.79 Å². The van der Waals surface area contributed by atoms with Gasteiger partial charge in [0.25, 0.3) is 5.91 Å². The second-order valence-electron chi connectivity index (χ2n) is 7.69. The van der Waals surface area contributed by atoms with Crippen LogP contribution in [0.5, 0.6) is 5.75 Å². The third-order valence-electron chi connectivity index (χ3n) is 5.91. The molecule has 152 valence electrons. The number of piperazine rings is 1. The van der Waals surface area contributed by atoms with Gasteiger partial charge in [0.05, 0.1) is 13.2 Å². The van der Waals surface area contributed by atoms with Gasteiger partial charge in [-0.05, 0) is 37.7 Å². The van der Waals surface area contributed by atoms with Gasteiger partial charge < -0.3 is 14.5 Å². The van der Waals surface area contributed by atoms with Crippen LogP contribution in [0.4, 0.5) is 5.69 Å². The number of carbonyl (C=O) groups is 2. The molecule has 0 saturated carbocycles. The van der Waals surface area contributed by atoms with Gasteiger partial charge in [-0.15, -0.1) is 0 Å². The highest BCUT2D eigenvalue weighted by Crippen LogP contribution is 2.32. The molecule has 6 heteroatoms. The van der Waals surface area contributed by atoms with Crippen LogP contribution in [0, 0.1) is 0 Å². The van der Waals surface area contributed by atoms with Crippen LogP contribution in [0.2, 0.25) is 0 Å². The fourth-order valence-electron chi connectivity index (χ4n) is 4.25. The Morgan fingerprint density at radius 1 is 1.07 bits per heavy atom. The van der Waals surface area contributed by atoms with Gasteiger partial charge in [0, 0.05) is 49.4 Å². The van der Waals surface area contributed by atoms with Gasteiger partial charge in [0.1, 0.15) is 5.75 Å². The molecule has 6 nitrogen and oxygen atoms in total. The van der Waals surface area contributed by atoms with Crippen molar-refractivity contribution in [2.45, 2.75) is 18.9 Å². The monoisotopic (exact) mass is 393 g/mol. The number of anilines is 1. The number of methoxy groups -OCH3 is 1. The van der Waals surface area contributed by atoms with Gasteiger partial charge in [-0.25, -0.2) is 0 Å². The van der Waals surface area contributed by atoms with Crippen LogP contribution in [-0.4, -0.2) is 62.0 Å². The number of likely N-dealkylation sites (N-methyl/N-ethyl adjacent to an activating group) is 1. The lowest BCUT2D eigenvalue weighted by atomic mass is 10.0. The second-order valence-corrected chi connectivity index (χ2v) is 7.69. The van der Waals surface area contributed by atoms with E-state index in [2.05, 4.69) is 18.0 Å². The highest BCUT2D eigenvalue weighted by Gasteiger charge is 2.31. The lowest BCUT2D eigenvalue weighted by Crippen LogP contribution is -2.49. The van der Waals surface area contributed by atoms with Crippen LogP contribution in [0.25, 0.3) is 0 Å². The van der Waals surface area contributed by atoms with Crippen molar-refractivity contribution in [1.29, 1.82) is 0 Å². The minimum absolute atomic E-state index is 0.00601.